The molecule has 0 spiro atoms. The van der Waals surface area contributed by atoms with Crippen LogP contribution in [-0.2, 0) is 19.6 Å². The number of nitrogen functional groups attached to an aromatic ring is 1. The molecule has 1 aliphatic carbocycles. The number of ether oxygens (including phenoxy) is 1. The molecular formula is C26H28N6O5S. The van der Waals surface area contributed by atoms with Gasteiger partial charge in [0.15, 0.2) is 5.65 Å². The summed E-state index contributed by atoms with van der Waals surface area (Å²) in [6.45, 7) is 2.14. The number of carbonyl (C=O) groups excluding carboxylic acids is 1. The van der Waals surface area contributed by atoms with Crippen molar-refractivity contribution < 1.29 is 23.1 Å². The van der Waals surface area contributed by atoms with Gasteiger partial charge in [-0.05, 0) is 55.5 Å². The predicted molar refractivity (Wildman–Crippen MR) is 141 cm³/mol. The molecule has 1 fully saturated rings. The van der Waals surface area contributed by atoms with Crippen LogP contribution in [0, 0.1) is 0 Å². The number of fused-ring (bicyclic) bond motifs is 1. The zero-order valence-corrected chi connectivity index (χ0v) is 21.5. The van der Waals surface area contributed by atoms with Crippen LogP contribution in [0.15, 0.2) is 66.0 Å². The number of aliphatic hydroxyl groups excluding tert-OH is 1. The van der Waals surface area contributed by atoms with E-state index in [1.165, 1.54) is 24.5 Å². The summed E-state index contributed by atoms with van der Waals surface area (Å²) in [5.74, 6) is -0.428. The molecule has 0 radical (unpaired) electrons. The highest BCUT2D eigenvalue weighted by molar-refractivity contribution is 7.90. The Morgan fingerprint density at radius 3 is 2.66 bits per heavy atom. The minimum Gasteiger partial charge on any atom is -0.391 e. The molecule has 0 saturated heterocycles. The van der Waals surface area contributed by atoms with Crippen LogP contribution >= 0.6 is 0 Å². The second-order valence-corrected chi connectivity index (χ2v) is 10.9. The molecule has 1 aliphatic rings. The van der Waals surface area contributed by atoms with Crippen LogP contribution < -0.4 is 11.1 Å². The van der Waals surface area contributed by atoms with Crippen LogP contribution in [0.25, 0.3) is 22.3 Å². The summed E-state index contributed by atoms with van der Waals surface area (Å²) >= 11 is 0. The number of anilines is 1. The lowest BCUT2D eigenvalue weighted by molar-refractivity contribution is -0.126. The first kappa shape index (κ1) is 25.8. The molecule has 38 heavy (non-hydrogen) atoms. The van der Waals surface area contributed by atoms with Crippen molar-refractivity contribution in [3.05, 3.63) is 66.6 Å². The number of nitrogens with zero attached hydrogens (tertiary/aromatic N) is 4. The molecule has 4 aromatic rings. The summed E-state index contributed by atoms with van der Waals surface area (Å²) in [4.78, 5) is 25.1. The van der Waals surface area contributed by atoms with Gasteiger partial charge in [-0.25, -0.2) is 27.3 Å². The lowest BCUT2D eigenvalue weighted by Gasteiger charge is -2.16. The van der Waals surface area contributed by atoms with Gasteiger partial charge < -0.3 is 20.9 Å². The highest BCUT2D eigenvalue weighted by Crippen LogP contribution is 2.42. The summed E-state index contributed by atoms with van der Waals surface area (Å²) in [7, 11) is -3.99. The van der Waals surface area contributed by atoms with Gasteiger partial charge in [0.1, 0.15) is 6.61 Å². The molecule has 11 nitrogen and oxygen atoms in total. The molecular weight excluding hydrogens is 508 g/mol. The van der Waals surface area contributed by atoms with Gasteiger partial charge in [0.25, 0.3) is 10.0 Å². The lowest BCUT2D eigenvalue weighted by atomic mass is 9.93. The zero-order chi connectivity index (χ0) is 26.9. The number of pyridine rings is 1. The largest absolute Gasteiger partial charge is 0.391 e. The fourth-order valence-corrected chi connectivity index (χ4v) is 6.30. The SMILES string of the molecule is CCOCC(=O)N[C@@H]1CC(c2ccnc3c2c(-c2ccnc(N)n2)cn3S(=O)(=O)c2ccccc2)C[C@H]1O. The number of amides is 1. The van der Waals surface area contributed by atoms with Gasteiger partial charge in [0.05, 0.1) is 22.7 Å². The maximum atomic E-state index is 13.7. The summed E-state index contributed by atoms with van der Waals surface area (Å²) in [6.07, 6.45) is 4.62. The Morgan fingerprint density at radius 1 is 1.16 bits per heavy atom. The smallest absolute Gasteiger partial charge is 0.269 e. The number of rotatable bonds is 8. The van der Waals surface area contributed by atoms with Crippen molar-refractivity contribution >= 4 is 32.9 Å². The third-order valence-electron chi connectivity index (χ3n) is 6.69. The van der Waals surface area contributed by atoms with Gasteiger partial charge in [-0.15, -0.1) is 0 Å². The molecule has 3 atom stereocenters. The van der Waals surface area contributed by atoms with E-state index in [-0.39, 0.29) is 34.9 Å². The van der Waals surface area contributed by atoms with Crippen LogP contribution in [0.3, 0.4) is 0 Å². The van der Waals surface area contributed by atoms with Gasteiger partial charge in [0, 0.05) is 36.1 Å². The molecule has 198 valence electrons. The lowest BCUT2D eigenvalue weighted by Crippen LogP contribution is -2.41. The number of hydrogen-bond donors (Lipinski definition) is 3. The summed E-state index contributed by atoms with van der Waals surface area (Å²) in [5, 5.41) is 14.2. The first-order chi connectivity index (χ1) is 18.3. The normalized spacial score (nSPS) is 19.6. The van der Waals surface area contributed by atoms with E-state index in [9.17, 15) is 18.3 Å². The van der Waals surface area contributed by atoms with E-state index in [2.05, 4.69) is 20.3 Å². The van der Waals surface area contributed by atoms with Crippen molar-refractivity contribution in [3.8, 4) is 11.3 Å². The van der Waals surface area contributed by atoms with Gasteiger partial charge in [-0.3, -0.25) is 4.79 Å². The standard InChI is InChI=1S/C26H28N6O5S/c1-2-37-15-23(34)30-21-12-16(13-22(21)33)18-8-10-28-25-24(18)19(20-9-11-29-26(27)31-20)14-32(25)38(35,36)17-6-4-3-5-7-17/h3-11,14,16,21-22,33H,2,12-13,15H2,1H3,(H,30,34)(H2,27,29,31)/t16?,21-,22-/m1/s1. The van der Waals surface area contributed by atoms with E-state index in [1.807, 2.05) is 6.07 Å². The number of hydrogen-bond acceptors (Lipinski definition) is 9. The minimum atomic E-state index is -3.99. The Bertz CT molecular complexity index is 1570. The summed E-state index contributed by atoms with van der Waals surface area (Å²) in [5.41, 5.74) is 7.85. The van der Waals surface area contributed by atoms with Crippen LogP contribution in [0.1, 0.15) is 31.2 Å². The van der Waals surface area contributed by atoms with Crippen LogP contribution in [0.5, 0.6) is 0 Å². The fraction of sp³-hybridized carbons (Fsp3) is 0.308. The summed E-state index contributed by atoms with van der Waals surface area (Å²) in [6, 6.07) is 11.1. The average Bonchev–Trinajstić information content (AvgIpc) is 3.49. The van der Waals surface area contributed by atoms with Crippen LogP contribution in [0.2, 0.25) is 0 Å². The van der Waals surface area contributed by atoms with E-state index in [0.29, 0.717) is 36.1 Å². The molecule has 1 unspecified atom stereocenters. The Balaban J connectivity index is 1.62. The predicted octanol–water partition coefficient (Wildman–Crippen LogP) is 2.07. The van der Waals surface area contributed by atoms with Crippen molar-refractivity contribution in [2.45, 2.75) is 42.7 Å². The molecule has 4 N–H and O–H groups in total. The van der Waals surface area contributed by atoms with Gasteiger partial charge in [-0.1, -0.05) is 18.2 Å². The summed E-state index contributed by atoms with van der Waals surface area (Å²) < 4.78 is 33.7. The van der Waals surface area contributed by atoms with E-state index >= 15 is 0 Å². The van der Waals surface area contributed by atoms with Crippen LogP contribution in [-0.4, -0.2) is 63.7 Å². The van der Waals surface area contributed by atoms with Crippen LogP contribution in [0.4, 0.5) is 5.95 Å². The molecule has 3 heterocycles. The Morgan fingerprint density at radius 2 is 1.92 bits per heavy atom. The highest BCUT2D eigenvalue weighted by atomic mass is 32.2. The number of benzene rings is 1. The van der Waals surface area contributed by atoms with E-state index < -0.39 is 22.2 Å². The fourth-order valence-electron chi connectivity index (χ4n) is 4.97. The molecule has 1 amide bonds. The van der Waals surface area contributed by atoms with E-state index in [1.54, 1.807) is 37.4 Å². The van der Waals surface area contributed by atoms with Crippen molar-refractivity contribution in [1.29, 1.82) is 0 Å². The number of aliphatic hydroxyl groups is 1. The van der Waals surface area contributed by atoms with Crippen molar-refractivity contribution in [2.24, 2.45) is 0 Å². The molecule has 5 rings (SSSR count). The number of nitrogens with one attached hydrogen (secondary N) is 1. The third-order valence-corrected chi connectivity index (χ3v) is 8.35. The molecule has 0 aliphatic heterocycles. The Kier molecular flexibility index (Phi) is 7.11. The van der Waals surface area contributed by atoms with Gasteiger partial charge >= 0.3 is 0 Å². The Labute approximate surface area is 219 Å². The number of carbonyl (C=O) groups is 1. The van der Waals surface area contributed by atoms with E-state index in [0.717, 1.165) is 9.54 Å². The monoisotopic (exact) mass is 536 g/mol. The molecule has 0 bridgehead atoms. The maximum absolute atomic E-state index is 13.7. The first-order valence-corrected chi connectivity index (χ1v) is 13.7. The third kappa shape index (κ3) is 4.85. The average molecular weight is 537 g/mol. The highest BCUT2D eigenvalue weighted by Gasteiger charge is 2.37. The van der Waals surface area contributed by atoms with E-state index in [4.69, 9.17) is 10.5 Å². The molecule has 3 aromatic heterocycles. The molecule has 1 aromatic carbocycles. The second kappa shape index (κ2) is 10.5. The first-order valence-electron chi connectivity index (χ1n) is 12.2. The molecule has 12 heteroatoms. The van der Waals surface area contributed by atoms with Crippen molar-refractivity contribution in [2.75, 3.05) is 18.9 Å². The van der Waals surface area contributed by atoms with Gasteiger partial charge in [-0.2, -0.15) is 0 Å². The Hall–Kier alpha value is -3.87. The quantitative estimate of drug-likeness (QED) is 0.306. The van der Waals surface area contributed by atoms with Gasteiger partial charge in [0.2, 0.25) is 11.9 Å². The second-order valence-electron chi connectivity index (χ2n) is 9.10. The minimum absolute atomic E-state index is 0.0492. The number of nitrogens with two attached hydrogens (primary N) is 1. The van der Waals surface area contributed by atoms with Crippen molar-refractivity contribution in [3.63, 3.8) is 0 Å². The number of aromatic nitrogens is 4. The zero-order valence-electron chi connectivity index (χ0n) is 20.7. The topological polar surface area (TPSA) is 162 Å². The van der Waals surface area contributed by atoms with Crippen molar-refractivity contribution in [1.82, 2.24) is 24.2 Å². The molecule has 1 saturated carbocycles. The maximum Gasteiger partial charge on any atom is 0.269 e.